The Bertz CT molecular complexity index is 860. The van der Waals surface area contributed by atoms with Crippen LogP contribution in [0.2, 0.25) is 0 Å². The second-order valence-corrected chi connectivity index (χ2v) is 9.44. The van der Waals surface area contributed by atoms with Gasteiger partial charge < -0.3 is 0 Å². The summed E-state index contributed by atoms with van der Waals surface area (Å²) in [6, 6.07) is 27.1. The molecule has 0 amide bonds. The zero-order chi connectivity index (χ0) is 21.9. The van der Waals surface area contributed by atoms with E-state index in [1.165, 1.54) is 0 Å². The first-order valence-electron chi connectivity index (χ1n) is 9.63. The molecule has 0 saturated carbocycles. The number of carbonyl (C=O) groups excluding carboxylic acids is 3. The molecular weight excluding hydrogens is 506 g/mol. The summed E-state index contributed by atoms with van der Waals surface area (Å²) >= 11 is -3.90. The Morgan fingerprint density at radius 3 is 1.00 bits per heavy atom. The number of carbonyl (C=O) groups is 3. The van der Waals surface area contributed by atoms with Gasteiger partial charge in [0.05, 0.1) is 0 Å². The fourth-order valence-electron chi connectivity index (χ4n) is 2.69. The first-order valence-corrected chi connectivity index (χ1v) is 12.8. The third kappa shape index (κ3) is 8.27. The zero-order valence-corrected chi connectivity index (χ0v) is 19.2. The molecule has 158 valence electrons. The van der Waals surface area contributed by atoms with Crippen LogP contribution in [0.25, 0.3) is 0 Å². The van der Waals surface area contributed by atoms with Gasteiger partial charge in [0.1, 0.15) is 0 Å². The fourth-order valence-corrected chi connectivity index (χ4v) is 4.99. The molecule has 0 atom stereocenters. The van der Waals surface area contributed by atoms with Crippen LogP contribution < -0.4 is 0 Å². The Hall–Kier alpha value is -3.11. The van der Waals surface area contributed by atoms with Gasteiger partial charge >= 0.3 is 190 Å². The second kappa shape index (κ2) is 11.9. The van der Waals surface area contributed by atoms with Crippen LogP contribution in [0.4, 0.5) is 0 Å². The van der Waals surface area contributed by atoms with E-state index in [0.29, 0.717) is 0 Å². The van der Waals surface area contributed by atoms with Crippen molar-refractivity contribution in [1.82, 2.24) is 0 Å². The Labute approximate surface area is 189 Å². The van der Waals surface area contributed by atoms with E-state index in [0.717, 1.165) is 16.7 Å². The standard InChI is InChI=1S/3C8H8O2.Sb/c3*9-8(10)6-7-4-2-1-3-5-7;/h3*1-5H,6H2,(H,9,10);/q;;;+3/p-3. The third-order valence-electron chi connectivity index (χ3n) is 4.10. The van der Waals surface area contributed by atoms with Gasteiger partial charge in [0, 0.05) is 0 Å². The van der Waals surface area contributed by atoms with Gasteiger partial charge in [0.2, 0.25) is 0 Å². The molecule has 3 rings (SSSR count). The Balaban J connectivity index is 1.62. The molecule has 0 unspecified atom stereocenters. The van der Waals surface area contributed by atoms with Crippen molar-refractivity contribution in [2.24, 2.45) is 0 Å². The first kappa shape index (κ1) is 22.6. The van der Waals surface area contributed by atoms with Gasteiger partial charge in [-0.3, -0.25) is 0 Å². The molecule has 7 heteroatoms. The van der Waals surface area contributed by atoms with E-state index in [4.69, 9.17) is 9.05 Å². The molecule has 0 fully saturated rings. The molecule has 3 aromatic rings. The first-order chi connectivity index (χ1) is 15.1. The zero-order valence-electron chi connectivity index (χ0n) is 16.7. The summed E-state index contributed by atoms with van der Waals surface area (Å²) in [5.74, 6) is -1.81. The van der Waals surface area contributed by atoms with Crippen LogP contribution in [0.15, 0.2) is 91.0 Å². The van der Waals surface area contributed by atoms with E-state index in [1.807, 2.05) is 18.2 Å². The van der Waals surface area contributed by atoms with Crippen molar-refractivity contribution in [3.8, 4) is 0 Å². The van der Waals surface area contributed by atoms with Crippen molar-refractivity contribution in [2.75, 3.05) is 0 Å². The van der Waals surface area contributed by atoms with Gasteiger partial charge in [-0.15, -0.1) is 0 Å². The summed E-state index contributed by atoms with van der Waals surface area (Å²) in [6.07, 6.45) is -0.0178. The topological polar surface area (TPSA) is 78.9 Å². The summed E-state index contributed by atoms with van der Waals surface area (Å²) in [7, 11) is 0. The molecule has 0 aliphatic rings. The molecule has 6 nitrogen and oxygen atoms in total. The predicted molar refractivity (Wildman–Crippen MR) is 114 cm³/mol. The number of hydrogen-bond donors (Lipinski definition) is 0. The number of hydrogen-bond acceptors (Lipinski definition) is 6. The quantitative estimate of drug-likeness (QED) is 0.398. The van der Waals surface area contributed by atoms with Gasteiger partial charge in [-0.25, -0.2) is 0 Å². The van der Waals surface area contributed by atoms with Crippen LogP contribution in [0, 0.1) is 0 Å². The molecule has 31 heavy (non-hydrogen) atoms. The summed E-state index contributed by atoms with van der Waals surface area (Å²) in [6.45, 7) is 0. The number of rotatable bonds is 9. The second-order valence-electron chi connectivity index (χ2n) is 6.60. The molecule has 0 heterocycles. The van der Waals surface area contributed by atoms with E-state index in [2.05, 4.69) is 0 Å². The maximum absolute atomic E-state index is 12.3. The maximum atomic E-state index is 12.3. The average molecular weight is 527 g/mol. The molecule has 0 bridgehead atoms. The monoisotopic (exact) mass is 526 g/mol. The Kier molecular flexibility index (Phi) is 8.68. The summed E-state index contributed by atoms with van der Waals surface area (Å²) < 4.78 is 16.0. The van der Waals surface area contributed by atoms with Gasteiger partial charge in [0.15, 0.2) is 0 Å². The minimum atomic E-state index is -3.90. The fraction of sp³-hybridized carbons (Fsp3) is 0.125. The van der Waals surface area contributed by atoms with Gasteiger partial charge in [-0.1, -0.05) is 0 Å². The van der Waals surface area contributed by atoms with Crippen molar-refractivity contribution in [1.29, 1.82) is 0 Å². The molecule has 3 aromatic carbocycles. The van der Waals surface area contributed by atoms with Crippen LogP contribution >= 0.6 is 0 Å². The van der Waals surface area contributed by atoms with Crippen molar-refractivity contribution in [2.45, 2.75) is 19.3 Å². The van der Waals surface area contributed by atoms with E-state index in [9.17, 15) is 14.4 Å². The molecule has 0 N–H and O–H groups in total. The Morgan fingerprint density at radius 2 is 0.742 bits per heavy atom. The van der Waals surface area contributed by atoms with E-state index in [1.54, 1.807) is 72.8 Å². The average Bonchev–Trinajstić information content (AvgIpc) is 2.75. The molecular formula is C24H21O6Sb. The van der Waals surface area contributed by atoms with Gasteiger partial charge in [-0.2, -0.15) is 0 Å². The molecule has 0 aliphatic heterocycles. The molecule has 0 aromatic heterocycles. The van der Waals surface area contributed by atoms with Crippen molar-refractivity contribution in [3.63, 3.8) is 0 Å². The predicted octanol–water partition coefficient (Wildman–Crippen LogP) is 3.33. The molecule has 0 saturated heterocycles. The van der Waals surface area contributed by atoms with Crippen LogP contribution in [0.5, 0.6) is 0 Å². The van der Waals surface area contributed by atoms with E-state index < -0.39 is 39.4 Å². The van der Waals surface area contributed by atoms with Crippen LogP contribution in [-0.2, 0) is 42.7 Å². The van der Waals surface area contributed by atoms with Crippen LogP contribution in [0.3, 0.4) is 0 Å². The summed E-state index contributed by atoms with van der Waals surface area (Å²) in [4.78, 5) is 37.0. The normalized spacial score (nSPS) is 10.4. The third-order valence-corrected chi connectivity index (χ3v) is 7.12. The van der Waals surface area contributed by atoms with Crippen molar-refractivity contribution in [3.05, 3.63) is 108 Å². The van der Waals surface area contributed by atoms with E-state index >= 15 is 0 Å². The van der Waals surface area contributed by atoms with Crippen molar-refractivity contribution >= 4 is 39.4 Å². The van der Waals surface area contributed by atoms with E-state index in [-0.39, 0.29) is 19.3 Å². The van der Waals surface area contributed by atoms with Gasteiger partial charge in [-0.05, 0) is 0 Å². The molecule has 0 spiro atoms. The SMILES string of the molecule is O=C(Cc1ccccc1)[O][Sb]([O]C(=O)Cc1ccccc1)[O]C(=O)Cc1ccccc1. The minimum absolute atomic E-state index is 0.00594. The Morgan fingerprint density at radius 1 is 0.484 bits per heavy atom. The number of benzene rings is 3. The van der Waals surface area contributed by atoms with Crippen LogP contribution in [-0.4, -0.2) is 39.4 Å². The van der Waals surface area contributed by atoms with Gasteiger partial charge in [0.25, 0.3) is 0 Å². The van der Waals surface area contributed by atoms with Crippen LogP contribution in [0.1, 0.15) is 16.7 Å². The van der Waals surface area contributed by atoms with Crippen molar-refractivity contribution < 1.29 is 23.4 Å². The summed E-state index contributed by atoms with van der Waals surface area (Å²) in [5, 5.41) is 0. The molecule has 0 radical (unpaired) electrons. The summed E-state index contributed by atoms with van der Waals surface area (Å²) in [5.41, 5.74) is 2.25. The molecule has 0 aliphatic carbocycles.